The summed E-state index contributed by atoms with van der Waals surface area (Å²) in [6, 6.07) is -0.151. The zero-order valence-corrected chi connectivity index (χ0v) is 10.8. The van der Waals surface area contributed by atoms with Crippen LogP contribution in [0.3, 0.4) is 0 Å². The Balaban J connectivity index is 2.41. The molecule has 104 valence electrons. The fourth-order valence-corrected chi connectivity index (χ4v) is 1.70. The highest BCUT2D eigenvalue weighted by Gasteiger charge is 2.37. The Kier molecular flexibility index (Phi) is 5.87. The van der Waals surface area contributed by atoms with Crippen LogP contribution in [-0.2, 0) is 14.3 Å². The minimum Gasteiger partial charge on any atom is -0.481 e. The molecule has 7 heteroatoms. The molecule has 1 aliphatic heterocycles. The van der Waals surface area contributed by atoms with Crippen molar-refractivity contribution in [2.75, 3.05) is 53.6 Å². The van der Waals surface area contributed by atoms with Gasteiger partial charge in [0.1, 0.15) is 0 Å². The summed E-state index contributed by atoms with van der Waals surface area (Å²) in [7, 11) is 3.14. The fraction of sp³-hybridized carbons (Fsp3) is 0.818. The normalized spacial score (nSPS) is 15.3. The van der Waals surface area contributed by atoms with Crippen molar-refractivity contribution in [3.05, 3.63) is 0 Å². The summed E-state index contributed by atoms with van der Waals surface area (Å²) >= 11 is 0. The molecule has 1 N–H and O–H groups in total. The highest BCUT2D eigenvalue weighted by Crippen LogP contribution is 2.17. The molecule has 1 heterocycles. The molecule has 2 amide bonds. The first-order chi connectivity index (χ1) is 8.60. The average molecular weight is 260 g/mol. The quantitative estimate of drug-likeness (QED) is 0.681. The van der Waals surface area contributed by atoms with Crippen LogP contribution in [0.25, 0.3) is 0 Å². The monoisotopic (exact) mass is 260 g/mol. The van der Waals surface area contributed by atoms with Gasteiger partial charge in [-0.05, 0) is 0 Å². The molecular weight excluding hydrogens is 240 g/mol. The summed E-state index contributed by atoms with van der Waals surface area (Å²) in [4.78, 5) is 25.9. The van der Waals surface area contributed by atoms with E-state index in [1.807, 2.05) is 0 Å². The van der Waals surface area contributed by atoms with Crippen molar-refractivity contribution in [3.8, 4) is 0 Å². The molecule has 0 atom stereocenters. The van der Waals surface area contributed by atoms with Crippen LogP contribution in [-0.4, -0.2) is 80.5 Å². The van der Waals surface area contributed by atoms with Gasteiger partial charge in [-0.3, -0.25) is 4.79 Å². The highest BCUT2D eigenvalue weighted by atomic mass is 16.5. The van der Waals surface area contributed by atoms with Gasteiger partial charge >= 0.3 is 12.0 Å². The summed E-state index contributed by atoms with van der Waals surface area (Å²) in [6.45, 7) is 2.42. The van der Waals surface area contributed by atoms with Crippen molar-refractivity contribution in [2.45, 2.75) is 0 Å². The predicted octanol–water partition coefficient (Wildman–Crippen LogP) is -0.282. The van der Waals surface area contributed by atoms with Crippen LogP contribution in [0.5, 0.6) is 0 Å². The lowest BCUT2D eigenvalue weighted by Crippen LogP contribution is -2.57. The third-order valence-electron chi connectivity index (χ3n) is 2.90. The number of hydrogen-bond donors (Lipinski definition) is 1. The lowest BCUT2D eigenvalue weighted by Gasteiger charge is -2.39. The van der Waals surface area contributed by atoms with E-state index in [2.05, 4.69) is 0 Å². The van der Waals surface area contributed by atoms with Crippen molar-refractivity contribution in [1.82, 2.24) is 9.80 Å². The zero-order valence-electron chi connectivity index (χ0n) is 10.8. The number of aliphatic carboxylic acids is 1. The second-order valence-corrected chi connectivity index (χ2v) is 4.20. The first-order valence-electron chi connectivity index (χ1n) is 5.84. The molecule has 1 aliphatic rings. The van der Waals surface area contributed by atoms with Crippen LogP contribution >= 0.6 is 0 Å². The maximum absolute atomic E-state index is 12.1. The maximum atomic E-state index is 12.1. The number of carbonyl (C=O) groups is 2. The fourth-order valence-electron chi connectivity index (χ4n) is 1.70. The van der Waals surface area contributed by atoms with E-state index in [1.165, 1.54) is 4.90 Å². The van der Waals surface area contributed by atoms with E-state index in [-0.39, 0.29) is 19.1 Å². The van der Waals surface area contributed by atoms with E-state index >= 15 is 0 Å². The molecule has 0 spiro atoms. The Labute approximate surface area is 106 Å². The number of amides is 2. The molecule has 0 aromatic heterocycles. The molecule has 1 fully saturated rings. The van der Waals surface area contributed by atoms with Gasteiger partial charge in [0.15, 0.2) is 0 Å². The average Bonchev–Trinajstić information content (AvgIpc) is 2.26. The lowest BCUT2D eigenvalue weighted by atomic mass is 10.0. The molecule has 7 nitrogen and oxygen atoms in total. The van der Waals surface area contributed by atoms with Crippen molar-refractivity contribution in [1.29, 1.82) is 0 Å². The highest BCUT2D eigenvalue weighted by molar-refractivity contribution is 5.79. The standard InChI is InChI=1S/C11H20N2O5/c1-17-5-3-12(4-6-18-2)11(16)13-7-9(8-13)10(14)15/h9H,3-8H2,1-2H3,(H,14,15). The van der Waals surface area contributed by atoms with Crippen LogP contribution in [0.1, 0.15) is 0 Å². The van der Waals surface area contributed by atoms with E-state index in [0.717, 1.165) is 0 Å². The SMILES string of the molecule is COCCN(CCOC)C(=O)N1CC(C(=O)O)C1. The molecule has 0 aromatic rings. The number of hydrogen-bond acceptors (Lipinski definition) is 4. The second kappa shape index (κ2) is 7.17. The van der Waals surface area contributed by atoms with Crippen molar-refractivity contribution >= 4 is 12.0 Å². The van der Waals surface area contributed by atoms with Gasteiger partial charge in [0.2, 0.25) is 0 Å². The van der Waals surface area contributed by atoms with Gasteiger partial charge in [-0.2, -0.15) is 0 Å². The third-order valence-corrected chi connectivity index (χ3v) is 2.90. The van der Waals surface area contributed by atoms with Crippen LogP contribution < -0.4 is 0 Å². The molecule has 0 aliphatic carbocycles. The predicted molar refractivity (Wildman–Crippen MR) is 63.4 cm³/mol. The van der Waals surface area contributed by atoms with E-state index in [0.29, 0.717) is 26.3 Å². The molecule has 1 rings (SSSR count). The van der Waals surface area contributed by atoms with Crippen LogP contribution in [0.2, 0.25) is 0 Å². The minimum atomic E-state index is -0.848. The summed E-state index contributed by atoms with van der Waals surface area (Å²) in [5, 5.41) is 8.76. The Hall–Kier alpha value is -1.34. The Morgan fingerprint density at radius 2 is 1.72 bits per heavy atom. The first-order valence-corrected chi connectivity index (χ1v) is 5.84. The Morgan fingerprint density at radius 3 is 2.11 bits per heavy atom. The zero-order chi connectivity index (χ0) is 13.5. The molecule has 1 saturated heterocycles. The largest absolute Gasteiger partial charge is 0.481 e. The van der Waals surface area contributed by atoms with Gasteiger partial charge in [0.25, 0.3) is 0 Å². The topological polar surface area (TPSA) is 79.3 Å². The van der Waals surface area contributed by atoms with E-state index in [4.69, 9.17) is 14.6 Å². The maximum Gasteiger partial charge on any atom is 0.320 e. The van der Waals surface area contributed by atoms with E-state index < -0.39 is 11.9 Å². The van der Waals surface area contributed by atoms with Gasteiger partial charge in [-0.1, -0.05) is 0 Å². The van der Waals surface area contributed by atoms with Gasteiger partial charge in [-0.15, -0.1) is 0 Å². The van der Waals surface area contributed by atoms with Crippen LogP contribution in [0.4, 0.5) is 4.79 Å². The molecule has 0 bridgehead atoms. The van der Waals surface area contributed by atoms with Crippen LogP contribution in [0.15, 0.2) is 0 Å². The second-order valence-electron chi connectivity index (χ2n) is 4.20. The van der Waals surface area contributed by atoms with Crippen LogP contribution in [0, 0.1) is 5.92 Å². The third kappa shape index (κ3) is 3.85. The molecule has 0 unspecified atom stereocenters. The summed E-state index contributed by atoms with van der Waals surface area (Å²) in [5.74, 6) is -1.28. The number of carboxylic acids is 1. The number of nitrogens with zero attached hydrogens (tertiary/aromatic N) is 2. The van der Waals surface area contributed by atoms with E-state index in [9.17, 15) is 9.59 Å². The smallest absolute Gasteiger partial charge is 0.320 e. The number of urea groups is 1. The Bertz CT molecular complexity index is 283. The molecule has 0 aromatic carbocycles. The minimum absolute atomic E-state index is 0.151. The number of carboxylic acid groups (broad SMARTS) is 1. The molecule has 0 radical (unpaired) electrons. The molecule has 18 heavy (non-hydrogen) atoms. The number of likely N-dealkylation sites (tertiary alicyclic amines) is 1. The van der Waals surface area contributed by atoms with Gasteiger partial charge < -0.3 is 24.4 Å². The number of rotatable bonds is 7. The van der Waals surface area contributed by atoms with Crippen molar-refractivity contribution < 1.29 is 24.2 Å². The number of carbonyl (C=O) groups excluding carboxylic acids is 1. The number of ether oxygens (including phenoxy) is 2. The molecule has 0 saturated carbocycles. The lowest BCUT2D eigenvalue weighted by molar-refractivity contribution is -0.146. The number of methoxy groups -OCH3 is 2. The summed E-state index contributed by atoms with van der Waals surface area (Å²) < 4.78 is 9.89. The summed E-state index contributed by atoms with van der Waals surface area (Å²) in [5.41, 5.74) is 0. The van der Waals surface area contributed by atoms with Gasteiger partial charge in [0, 0.05) is 40.4 Å². The van der Waals surface area contributed by atoms with E-state index in [1.54, 1.807) is 19.1 Å². The molecular formula is C11H20N2O5. The summed E-state index contributed by atoms with van der Waals surface area (Å²) in [6.07, 6.45) is 0. The Morgan fingerprint density at radius 1 is 1.22 bits per heavy atom. The van der Waals surface area contributed by atoms with Gasteiger partial charge in [-0.25, -0.2) is 4.79 Å². The van der Waals surface area contributed by atoms with Gasteiger partial charge in [0.05, 0.1) is 19.1 Å². The first kappa shape index (κ1) is 14.7. The van der Waals surface area contributed by atoms with Crippen molar-refractivity contribution in [2.24, 2.45) is 5.92 Å². The van der Waals surface area contributed by atoms with Crippen molar-refractivity contribution in [3.63, 3.8) is 0 Å².